The van der Waals surface area contributed by atoms with Gasteiger partial charge in [-0.25, -0.2) is 0 Å². The van der Waals surface area contributed by atoms with Gasteiger partial charge in [-0.05, 0) is 25.7 Å². The van der Waals surface area contributed by atoms with E-state index >= 15 is 0 Å². The molecule has 3 rings (SSSR count). The molecule has 0 aliphatic heterocycles. The van der Waals surface area contributed by atoms with Crippen LogP contribution >= 0.6 is 0 Å². The van der Waals surface area contributed by atoms with Crippen LogP contribution in [0.3, 0.4) is 0 Å². The molecular formula is C19H10F6O2. The van der Waals surface area contributed by atoms with Crippen LogP contribution in [0.5, 0.6) is 0 Å². The van der Waals surface area contributed by atoms with E-state index in [4.69, 9.17) is 21.7 Å². The topological polar surface area (TPSA) is 26.3 Å². The normalized spacial score (nSPS) is 19.8. The van der Waals surface area contributed by atoms with Gasteiger partial charge >= 0.3 is 17.8 Å². The summed E-state index contributed by atoms with van der Waals surface area (Å²) in [7, 11) is 0. The third-order valence-electron chi connectivity index (χ3n) is 4.33. The Morgan fingerprint density at radius 1 is 0.741 bits per heavy atom. The number of rotatable bonds is 2. The highest BCUT2D eigenvalue weighted by Crippen LogP contribution is 2.65. The van der Waals surface area contributed by atoms with E-state index in [1.54, 1.807) is 0 Å². The molecular weight excluding hydrogens is 374 g/mol. The van der Waals surface area contributed by atoms with Gasteiger partial charge in [-0.15, -0.1) is 12.8 Å². The molecule has 0 saturated heterocycles. The van der Waals surface area contributed by atoms with E-state index in [9.17, 15) is 26.3 Å². The van der Waals surface area contributed by atoms with Gasteiger partial charge < -0.3 is 8.83 Å². The Morgan fingerprint density at radius 3 is 1.33 bits per heavy atom. The summed E-state index contributed by atoms with van der Waals surface area (Å²) in [6, 6.07) is 1.68. The minimum absolute atomic E-state index is 0.267. The fourth-order valence-corrected chi connectivity index (χ4v) is 3.04. The molecule has 2 aromatic heterocycles. The van der Waals surface area contributed by atoms with Crippen LogP contribution in [0.1, 0.15) is 34.2 Å². The van der Waals surface area contributed by atoms with Crippen LogP contribution in [0.25, 0.3) is 11.1 Å². The Bertz CT molecular complexity index is 971. The molecule has 0 atom stereocenters. The fourth-order valence-electron chi connectivity index (χ4n) is 3.04. The smallest absolute Gasteiger partial charge is 0.380 e. The molecule has 0 fully saturated rings. The minimum atomic E-state index is -5.69. The highest BCUT2D eigenvalue weighted by molar-refractivity contribution is 6.02. The van der Waals surface area contributed by atoms with E-state index < -0.39 is 40.0 Å². The highest BCUT2D eigenvalue weighted by Gasteiger charge is 2.80. The first-order valence-corrected chi connectivity index (χ1v) is 7.43. The number of halogens is 6. The first kappa shape index (κ1) is 18.8. The van der Waals surface area contributed by atoms with E-state index in [0.717, 1.165) is 26.0 Å². The summed E-state index contributed by atoms with van der Waals surface area (Å²) in [5.74, 6) is -13.2. The van der Waals surface area contributed by atoms with Gasteiger partial charge in [-0.2, -0.15) is 26.3 Å². The average molecular weight is 384 g/mol. The maximum Gasteiger partial charge on any atom is 0.380 e. The lowest BCUT2D eigenvalue weighted by Crippen LogP contribution is -2.48. The molecule has 1 aliphatic rings. The standard InChI is InChI=1S/C19H10F6O2/c1-5-11-7-13(9(3)26-11)15-16(14-8-12(6-2)27-10(14)4)18(22,23)19(24,25)17(15,20)21/h1-2,7-8H,3-4H3. The average Bonchev–Trinajstić information content (AvgIpc) is 3.16. The van der Waals surface area contributed by atoms with Crippen LogP contribution in [0, 0.1) is 38.5 Å². The third-order valence-corrected chi connectivity index (χ3v) is 4.33. The largest absolute Gasteiger partial charge is 0.452 e. The van der Waals surface area contributed by atoms with E-state index in [1.807, 2.05) is 11.8 Å². The molecule has 2 nitrogen and oxygen atoms in total. The van der Waals surface area contributed by atoms with Crippen molar-refractivity contribution >= 4 is 11.1 Å². The zero-order chi connectivity index (χ0) is 20.4. The van der Waals surface area contributed by atoms with Crippen molar-refractivity contribution in [3.8, 4) is 24.7 Å². The van der Waals surface area contributed by atoms with Crippen molar-refractivity contribution in [2.24, 2.45) is 0 Å². The minimum Gasteiger partial charge on any atom is -0.452 e. The summed E-state index contributed by atoms with van der Waals surface area (Å²) in [4.78, 5) is 0. The number of alkyl halides is 6. The van der Waals surface area contributed by atoms with Crippen LogP contribution in [-0.4, -0.2) is 17.8 Å². The Labute approximate surface area is 149 Å². The molecule has 0 saturated carbocycles. The third kappa shape index (κ3) is 2.26. The predicted molar refractivity (Wildman–Crippen MR) is 84.4 cm³/mol. The van der Waals surface area contributed by atoms with Crippen molar-refractivity contribution in [1.29, 1.82) is 0 Å². The molecule has 0 spiro atoms. The van der Waals surface area contributed by atoms with Gasteiger partial charge in [0.1, 0.15) is 11.5 Å². The first-order valence-electron chi connectivity index (χ1n) is 7.43. The lowest BCUT2D eigenvalue weighted by Gasteiger charge is -2.25. The van der Waals surface area contributed by atoms with Crippen molar-refractivity contribution in [1.82, 2.24) is 0 Å². The summed E-state index contributed by atoms with van der Waals surface area (Å²) in [5, 5.41) is 0. The van der Waals surface area contributed by atoms with Crippen LogP contribution in [0.4, 0.5) is 26.3 Å². The molecule has 0 unspecified atom stereocenters. The molecule has 8 heteroatoms. The van der Waals surface area contributed by atoms with Gasteiger partial charge in [0.15, 0.2) is 11.5 Å². The molecule has 0 aromatic carbocycles. The summed E-state index contributed by atoms with van der Waals surface area (Å²) >= 11 is 0. The second-order valence-corrected chi connectivity index (χ2v) is 5.92. The van der Waals surface area contributed by atoms with Gasteiger partial charge in [0.25, 0.3) is 0 Å². The number of furan rings is 2. The second-order valence-electron chi connectivity index (χ2n) is 5.92. The molecule has 0 radical (unpaired) electrons. The van der Waals surface area contributed by atoms with Gasteiger partial charge in [-0.1, -0.05) is 0 Å². The van der Waals surface area contributed by atoms with Gasteiger partial charge in [-0.3, -0.25) is 0 Å². The summed E-state index contributed by atoms with van der Waals surface area (Å²) in [6.07, 6.45) is 10.2. The monoisotopic (exact) mass is 384 g/mol. The molecule has 2 aromatic rings. The summed E-state index contributed by atoms with van der Waals surface area (Å²) < 4.78 is 96.5. The SMILES string of the molecule is C#Cc1cc(C2=C(c3cc(C#C)oc3C)C(F)(F)C(F)(F)C2(F)F)c(C)o1. The van der Waals surface area contributed by atoms with Crippen molar-refractivity contribution in [2.75, 3.05) is 0 Å². The van der Waals surface area contributed by atoms with Crippen LogP contribution in [-0.2, 0) is 0 Å². The zero-order valence-electron chi connectivity index (χ0n) is 13.9. The van der Waals surface area contributed by atoms with Crippen molar-refractivity contribution < 1.29 is 35.2 Å². The lowest BCUT2D eigenvalue weighted by molar-refractivity contribution is -0.254. The number of aryl methyl sites for hydroxylation is 2. The molecule has 1 aliphatic carbocycles. The van der Waals surface area contributed by atoms with Crippen LogP contribution in [0.2, 0.25) is 0 Å². The van der Waals surface area contributed by atoms with Gasteiger partial charge in [0.05, 0.1) is 0 Å². The van der Waals surface area contributed by atoms with E-state index in [2.05, 4.69) is 0 Å². The molecule has 140 valence electrons. The maximum atomic E-state index is 14.6. The number of terminal acetylenes is 2. The van der Waals surface area contributed by atoms with Crippen molar-refractivity contribution in [3.05, 3.63) is 46.3 Å². The van der Waals surface area contributed by atoms with E-state index in [-0.39, 0.29) is 23.0 Å². The molecule has 0 amide bonds. The Morgan fingerprint density at radius 2 is 1.07 bits per heavy atom. The fraction of sp³-hybridized carbons (Fsp3) is 0.263. The van der Waals surface area contributed by atoms with Gasteiger partial charge in [0.2, 0.25) is 0 Å². The quantitative estimate of drug-likeness (QED) is 0.520. The van der Waals surface area contributed by atoms with Crippen molar-refractivity contribution in [3.63, 3.8) is 0 Å². The molecule has 0 bridgehead atoms. The van der Waals surface area contributed by atoms with Gasteiger partial charge in [0, 0.05) is 34.4 Å². The first-order chi connectivity index (χ1) is 12.4. The Hall–Kier alpha value is -3.00. The van der Waals surface area contributed by atoms with Crippen molar-refractivity contribution in [2.45, 2.75) is 31.6 Å². The van der Waals surface area contributed by atoms with Crippen LogP contribution < -0.4 is 0 Å². The Kier molecular flexibility index (Phi) is 3.82. The Balaban J connectivity index is 2.47. The highest BCUT2D eigenvalue weighted by atomic mass is 19.3. The molecule has 0 N–H and O–H groups in total. The second kappa shape index (κ2) is 5.50. The predicted octanol–water partition coefficient (Wildman–Crippen LogP) is 5.28. The number of hydrogen-bond donors (Lipinski definition) is 0. The number of allylic oxidation sites excluding steroid dienone is 2. The lowest BCUT2D eigenvalue weighted by atomic mass is 9.95. The zero-order valence-corrected chi connectivity index (χ0v) is 13.9. The summed E-state index contributed by atoms with van der Waals surface area (Å²) in [5.41, 5.74) is -4.43. The maximum absolute atomic E-state index is 14.6. The van der Waals surface area contributed by atoms with E-state index in [1.165, 1.54) is 0 Å². The molecule has 2 heterocycles. The molecule has 27 heavy (non-hydrogen) atoms. The van der Waals surface area contributed by atoms with Crippen LogP contribution in [0.15, 0.2) is 21.0 Å². The van der Waals surface area contributed by atoms with E-state index in [0.29, 0.717) is 0 Å². The summed E-state index contributed by atoms with van der Waals surface area (Å²) in [6.45, 7) is 2.31. The number of hydrogen-bond acceptors (Lipinski definition) is 2.